The number of carbonyl (C=O) groups excluding carboxylic acids is 1. The monoisotopic (exact) mass is 316 g/mol. The number of aromatic nitrogens is 2. The van der Waals surface area contributed by atoms with Crippen molar-refractivity contribution in [3.05, 3.63) is 16.4 Å². The second-order valence-corrected chi connectivity index (χ2v) is 5.27. The van der Waals surface area contributed by atoms with Gasteiger partial charge in [-0.3, -0.25) is 9.48 Å². The molecule has 0 radical (unpaired) electrons. The highest BCUT2D eigenvalue weighted by Gasteiger charge is 2.23. The molecule has 1 atom stereocenters. The number of carbonyl (C=O) groups is 1. The molecule has 1 saturated heterocycles. The van der Waals surface area contributed by atoms with Crippen LogP contribution in [0, 0.1) is 5.92 Å². The predicted molar refractivity (Wildman–Crippen MR) is 69.7 cm³/mol. The smallest absolute Gasteiger partial charge is 0.182 e. The lowest BCUT2D eigenvalue weighted by Gasteiger charge is -2.09. The first-order valence-electron chi connectivity index (χ1n) is 6.03. The molecular formula is C12H17BrN2O3. The molecule has 5 nitrogen and oxygen atoms in total. The van der Waals surface area contributed by atoms with Crippen molar-refractivity contribution in [1.82, 2.24) is 9.78 Å². The van der Waals surface area contributed by atoms with Gasteiger partial charge in [0.1, 0.15) is 5.69 Å². The maximum absolute atomic E-state index is 12.3. The number of ketones is 1. The summed E-state index contributed by atoms with van der Waals surface area (Å²) in [6, 6.07) is 0. The fourth-order valence-electron chi connectivity index (χ4n) is 2.09. The lowest BCUT2D eigenvalue weighted by atomic mass is 10.0. The van der Waals surface area contributed by atoms with Crippen LogP contribution < -0.4 is 0 Å². The zero-order valence-electron chi connectivity index (χ0n) is 10.4. The summed E-state index contributed by atoms with van der Waals surface area (Å²) in [5, 5.41) is 4.19. The maximum atomic E-state index is 12.3. The quantitative estimate of drug-likeness (QED) is 0.752. The van der Waals surface area contributed by atoms with Crippen LogP contribution in [0.2, 0.25) is 0 Å². The molecule has 0 aromatic carbocycles. The first-order valence-corrected chi connectivity index (χ1v) is 6.83. The van der Waals surface area contributed by atoms with Crippen LogP contribution in [0.1, 0.15) is 23.3 Å². The van der Waals surface area contributed by atoms with Crippen LogP contribution in [0.4, 0.5) is 0 Å². The van der Waals surface area contributed by atoms with Gasteiger partial charge in [0.05, 0.1) is 23.8 Å². The molecule has 0 saturated carbocycles. The highest BCUT2D eigenvalue weighted by Crippen LogP contribution is 2.23. The van der Waals surface area contributed by atoms with Gasteiger partial charge in [0.2, 0.25) is 0 Å². The minimum atomic E-state index is 0.117. The number of methoxy groups -OCH3 is 1. The van der Waals surface area contributed by atoms with Crippen LogP contribution in [0.3, 0.4) is 0 Å². The second-order valence-electron chi connectivity index (χ2n) is 4.41. The Labute approximate surface area is 115 Å². The molecule has 1 aliphatic heterocycles. The average Bonchev–Trinajstić information content (AvgIpc) is 2.96. The van der Waals surface area contributed by atoms with E-state index in [-0.39, 0.29) is 5.78 Å². The van der Waals surface area contributed by atoms with E-state index in [4.69, 9.17) is 9.47 Å². The van der Waals surface area contributed by atoms with Gasteiger partial charge in [0, 0.05) is 26.7 Å². The summed E-state index contributed by atoms with van der Waals surface area (Å²) in [6.45, 7) is 2.59. The van der Waals surface area contributed by atoms with Crippen molar-refractivity contribution in [2.45, 2.75) is 19.4 Å². The third-order valence-corrected chi connectivity index (χ3v) is 3.64. The number of hydrogen-bond donors (Lipinski definition) is 0. The van der Waals surface area contributed by atoms with Gasteiger partial charge >= 0.3 is 0 Å². The van der Waals surface area contributed by atoms with Gasteiger partial charge in [0.15, 0.2) is 5.78 Å². The predicted octanol–water partition coefficient (Wildman–Crippen LogP) is 1.90. The third kappa shape index (κ3) is 3.18. The molecule has 1 fully saturated rings. The molecule has 1 aliphatic rings. The van der Waals surface area contributed by atoms with Gasteiger partial charge in [-0.25, -0.2) is 0 Å². The molecule has 2 rings (SSSR count). The lowest BCUT2D eigenvalue weighted by Crippen LogP contribution is -2.16. The summed E-state index contributed by atoms with van der Waals surface area (Å²) in [6.07, 6.45) is 3.15. The first kappa shape index (κ1) is 13.7. The highest BCUT2D eigenvalue weighted by molar-refractivity contribution is 9.10. The Kier molecular flexibility index (Phi) is 4.91. The minimum Gasteiger partial charge on any atom is -0.383 e. The largest absolute Gasteiger partial charge is 0.383 e. The van der Waals surface area contributed by atoms with Gasteiger partial charge in [-0.1, -0.05) is 0 Å². The summed E-state index contributed by atoms with van der Waals surface area (Å²) >= 11 is 3.38. The maximum Gasteiger partial charge on any atom is 0.182 e. The molecule has 18 heavy (non-hydrogen) atoms. The van der Waals surface area contributed by atoms with Crippen molar-refractivity contribution in [2.24, 2.45) is 5.92 Å². The van der Waals surface area contributed by atoms with Gasteiger partial charge < -0.3 is 9.47 Å². The van der Waals surface area contributed by atoms with E-state index in [9.17, 15) is 4.79 Å². The molecule has 1 aromatic rings. The standard InChI is InChI=1S/C12H17BrN2O3/c1-17-5-3-15-12(10(13)7-14-15)11(16)6-9-2-4-18-8-9/h7,9H,2-6,8H2,1H3. The van der Waals surface area contributed by atoms with E-state index < -0.39 is 0 Å². The summed E-state index contributed by atoms with van der Waals surface area (Å²) in [5.74, 6) is 0.459. The van der Waals surface area contributed by atoms with Crippen molar-refractivity contribution < 1.29 is 14.3 Å². The second kappa shape index (κ2) is 6.45. The molecule has 100 valence electrons. The molecule has 1 unspecified atom stereocenters. The van der Waals surface area contributed by atoms with Crippen molar-refractivity contribution in [2.75, 3.05) is 26.9 Å². The Morgan fingerprint density at radius 3 is 3.22 bits per heavy atom. The molecule has 0 N–H and O–H groups in total. The van der Waals surface area contributed by atoms with E-state index in [0.29, 0.717) is 37.8 Å². The van der Waals surface area contributed by atoms with Crippen LogP contribution in [0.25, 0.3) is 0 Å². The van der Waals surface area contributed by atoms with Crippen LogP contribution in [0.5, 0.6) is 0 Å². The Hall–Kier alpha value is -0.720. The minimum absolute atomic E-state index is 0.117. The van der Waals surface area contributed by atoms with Gasteiger partial charge in [-0.15, -0.1) is 0 Å². The van der Waals surface area contributed by atoms with Crippen molar-refractivity contribution in [3.8, 4) is 0 Å². The number of ether oxygens (including phenoxy) is 2. The van der Waals surface area contributed by atoms with Gasteiger partial charge in [-0.2, -0.15) is 5.10 Å². The molecule has 0 spiro atoms. The number of rotatable bonds is 6. The Balaban J connectivity index is 2.05. The Morgan fingerprint density at radius 1 is 1.72 bits per heavy atom. The fraction of sp³-hybridized carbons (Fsp3) is 0.667. The molecule has 0 bridgehead atoms. The molecule has 0 amide bonds. The Bertz CT molecular complexity index is 413. The van der Waals surface area contributed by atoms with E-state index in [0.717, 1.165) is 17.5 Å². The van der Waals surface area contributed by atoms with E-state index in [1.807, 2.05) is 0 Å². The molecule has 0 aliphatic carbocycles. The molecule has 1 aromatic heterocycles. The van der Waals surface area contributed by atoms with Crippen LogP contribution in [-0.2, 0) is 16.0 Å². The third-order valence-electron chi connectivity index (χ3n) is 3.06. The topological polar surface area (TPSA) is 53.4 Å². The van der Waals surface area contributed by atoms with Crippen molar-refractivity contribution in [3.63, 3.8) is 0 Å². The normalized spacial score (nSPS) is 19.3. The van der Waals surface area contributed by atoms with E-state index >= 15 is 0 Å². The van der Waals surface area contributed by atoms with E-state index in [2.05, 4.69) is 21.0 Å². The van der Waals surface area contributed by atoms with Gasteiger partial charge in [0.25, 0.3) is 0 Å². The van der Waals surface area contributed by atoms with Crippen molar-refractivity contribution in [1.29, 1.82) is 0 Å². The van der Waals surface area contributed by atoms with E-state index in [1.165, 1.54) is 0 Å². The molecular weight excluding hydrogens is 300 g/mol. The summed E-state index contributed by atoms with van der Waals surface area (Å²) in [5.41, 5.74) is 0.638. The van der Waals surface area contributed by atoms with Crippen molar-refractivity contribution >= 4 is 21.7 Å². The first-order chi connectivity index (χ1) is 8.72. The number of nitrogens with zero attached hydrogens (tertiary/aromatic N) is 2. The fourth-order valence-corrected chi connectivity index (χ4v) is 2.61. The summed E-state index contributed by atoms with van der Waals surface area (Å²) in [4.78, 5) is 12.3. The summed E-state index contributed by atoms with van der Waals surface area (Å²) < 4.78 is 12.8. The van der Waals surface area contributed by atoms with Crippen LogP contribution in [0.15, 0.2) is 10.7 Å². The SMILES string of the molecule is COCCn1ncc(Br)c1C(=O)CC1CCOC1. The zero-order valence-corrected chi connectivity index (χ0v) is 12.0. The highest BCUT2D eigenvalue weighted by atomic mass is 79.9. The number of halogens is 1. The van der Waals surface area contributed by atoms with Crippen LogP contribution in [-0.4, -0.2) is 42.5 Å². The Morgan fingerprint density at radius 2 is 2.56 bits per heavy atom. The number of hydrogen-bond acceptors (Lipinski definition) is 4. The van der Waals surface area contributed by atoms with Crippen LogP contribution >= 0.6 is 15.9 Å². The van der Waals surface area contributed by atoms with Gasteiger partial charge in [-0.05, 0) is 28.3 Å². The lowest BCUT2D eigenvalue weighted by molar-refractivity contribution is 0.0938. The molecule has 2 heterocycles. The number of Topliss-reactive ketones (excluding diaryl/α,β-unsaturated/α-hetero) is 1. The zero-order chi connectivity index (χ0) is 13.0. The van der Waals surface area contributed by atoms with E-state index in [1.54, 1.807) is 18.0 Å². The average molecular weight is 317 g/mol. The molecule has 6 heteroatoms. The summed E-state index contributed by atoms with van der Waals surface area (Å²) in [7, 11) is 1.63.